The smallest absolute Gasteiger partial charge is 0.0193 e. The first kappa shape index (κ1) is 8.54. The van der Waals surface area contributed by atoms with Gasteiger partial charge < -0.3 is 0 Å². The molecule has 11 heavy (non-hydrogen) atoms. The van der Waals surface area contributed by atoms with Gasteiger partial charge in [-0.3, -0.25) is 4.90 Å². The van der Waals surface area contributed by atoms with Crippen LogP contribution in [0.1, 0.15) is 19.8 Å². The average Bonchev–Trinajstić information content (AvgIpc) is 2.06. The minimum absolute atomic E-state index is 1.08. The molecular formula is C10H17N. The van der Waals surface area contributed by atoms with Gasteiger partial charge in [0.1, 0.15) is 0 Å². The zero-order valence-electron chi connectivity index (χ0n) is 7.34. The highest BCUT2D eigenvalue weighted by Gasteiger charge is 2.05. The molecule has 0 bridgehead atoms. The van der Waals surface area contributed by atoms with Crippen LogP contribution in [0, 0.1) is 0 Å². The van der Waals surface area contributed by atoms with Crippen molar-refractivity contribution in [3.63, 3.8) is 0 Å². The molecule has 0 N–H and O–H groups in total. The molecule has 0 spiro atoms. The lowest BCUT2D eigenvalue weighted by atomic mass is 10.2. The van der Waals surface area contributed by atoms with Gasteiger partial charge >= 0.3 is 0 Å². The maximum absolute atomic E-state index is 4.00. The number of nitrogens with zero attached hydrogens (tertiary/aromatic N) is 1. The van der Waals surface area contributed by atoms with E-state index in [2.05, 4.69) is 30.6 Å². The normalized spacial score (nSPS) is 18.6. The van der Waals surface area contributed by atoms with Crippen LogP contribution < -0.4 is 0 Å². The first-order chi connectivity index (χ1) is 5.33. The molecule has 1 nitrogen and oxygen atoms in total. The Labute approximate surface area is 69.4 Å². The molecule has 0 atom stereocenters. The zero-order chi connectivity index (χ0) is 8.10. The van der Waals surface area contributed by atoms with E-state index in [1.165, 1.54) is 18.5 Å². The predicted molar refractivity (Wildman–Crippen MR) is 49.6 cm³/mol. The standard InChI is InChI=1S/C10H17N/c1-3-10(2)9-11-7-5-4-6-8-11/h4-5H,2-3,6-9H2,1H3. The van der Waals surface area contributed by atoms with Crippen LogP contribution in [0.4, 0.5) is 0 Å². The monoisotopic (exact) mass is 151 g/mol. The molecule has 1 aliphatic rings. The van der Waals surface area contributed by atoms with E-state index < -0.39 is 0 Å². The van der Waals surface area contributed by atoms with E-state index in [0.29, 0.717) is 0 Å². The van der Waals surface area contributed by atoms with Crippen molar-refractivity contribution < 1.29 is 0 Å². The van der Waals surface area contributed by atoms with Crippen LogP contribution in [0.5, 0.6) is 0 Å². The van der Waals surface area contributed by atoms with Crippen molar-refractivity contribution in [1.82, 2.24) is 4.90 Å². The van der Waals surface area contributed by atoms with Gasteiger partial charge in [-0.15, -0.1) is 0 Å². The van der Waals surface area contributed by atoms with Crippen LogP contribution in [0.2, 0.25) is 0 Å². The van der Waals surface area contributed by atoms with Crippen molar-refractivity contribution in [3.05, 3.63) is 24.3 Å². The van der Waals surface area contributed by atoms with Crippen LogP contribution in [-0.2, 0) is 0 Å². The Morgan fingerprint density at radius 2 is 2.36 bits per heavy atom. The predicted octanol–water partition coefficient (Wildman–Crippen LogP) is 2.21. The van der Waals surface area contributed by atoms with Crippen molar-refractivity contribution in [2.45, 2.75) is 19.8 Å². The second-order valence-corrected chi connectivity index (χ2v) is 3.10. The highest BCUT2D eigenvalue weighted by atomic mass is 15.1. The van der Waals surface area contributed by atoms with Crippen LogP contribution in [0.25, 0.3) is 0 Å². The first-order valence-electron chi connectivity index (χ1n) is 4.37. The van der Waals surface area contributed by atoms with Crippen LogP contribution >= 0.6 is 0 Å². The maximum Gasteiger partial charge on any atom is 0.0193 e. The van der Waals surface area contributed by atoms with E-state index in [1.54, 1.807) is 0 Å². The summed E-state index contributed by atoms with van der Waals surface area (Å²) in [4.78, 5) is 2.44. The average molecular weight is 151 g/mol. The summed E-state index contributed by atoms with van der Waals surface area (Å²) in [6.07, 6.45) is 6.81. The van der Waals surface area contributed by atoms with E-state index in [4.69, 9.17) is 0 Å². The van der Waals surface area contributed by atoms with Crippen molar-refractivity contribution in [1.29, 1.82) is 0 Å². The molecular weight excluding hydrogens is 134 g/mol. The van der Waals surface area contributed by atoms with E-state index in [1.807, 2.05) is 0 Å². The van der Waals surface area contributed by atoms with Crippen molar-refractivity contribution >= 4 is 0 Å². The molecule has 1 aliphatic heterocycles. The van der Waals surface area contributed by atoms with Gasteiger partial charge in [-0.2, -0.15) is 0 Å². The maximum atomic E-state index is 4.00. The Morgan fingerprint density at radius 3 is 2.91 bits per heavy atom. The third-order valence-corrected chi connectivity index (χ3v) is 2.09. The van der Waals surface area contributed by atoms with Gasteiger partial charge in [0, 0.05) is 19.6 Å². The lowest BCUT2D eigenvalue weighted by Gasteiger charge is -2.23. The zero-order valence-corrected chi connectivity index (χ0v) is 7.34. The number of hydrogen-bond acceptors (Lipinski definition) is 1. The summed E-state index contributed by atoms with van der Waals surface area (Å²) in [5.74, 6) is 0. The Kier molecular flexibility index (Phi) is 3.37. The van der Waals surface area contributed by atoms with Crippen molar-refractivity contribution in [2.24, 2.45) is 0 Å². The van der Waals surface area contributed by atoms with Gasteiger partial charge in [0.15, 0.2) is 0 Å². The minimum atomic E-state index is 1.08. The van der Waals surface area contributed by atoms with E-state index in [9.17, 15) is 0 Å². The fourth-order valence-corrected chi connectivity index (χ4v) is 1.26. The largest absolute Gasteiger partial charge is 0.295 e. The Hall–Kier alpha value is -0.560. The lowest BCUT2D eigenvalue weighted by molar-refractivity contribution is 0.322. The molecule has 1 heterocycles. The summed E-state index contributed by atoms with van der Waals surface area (Å²) in [5.41, 5.74) is 1.35. The molecule has 0 aromatic heterocycles. The second kappa shape index (κ2) is 4.35. The molecule has 0 aliphatic carbocycles. The Bertz CT molecular complexity index is 158. The first-order valence-corrected chi connectivity index (χ1v) is 4.37. The van der Waals surface area contributed by atoms with Crippen molar-refractivity contribution in [3.8, 4) is 0 Å². The fraction of sp³-hybridized carbons (Fsp3) is 0.600. The summed E-state index contributed by atoms with van der Waals surface area (Å²) in [5, 5.41) is 0. The fourth-order valence-electron chi connectivity index (χ4n) is 1.26. The molecule has 0 aromatic rings. The minimum Gasteiger partial charge on any atom is -0.295 e. The molecule has 0 aromatic carbocycles. The number of rotatable bonds is 3. The van der Waals surface area contributed by atoms with Gasteiger partial charge in [-0.25, -0.2) is 0 Å². The summed E-state index contributed by atoms with van der Waals surface area (Å²) in [6, 6.07) is 0. The summed E-state index contributed by atoms with van der Waals surface area (Å²) < 4.78 is 0. The van der Waals surface area contributed by atoms with Gasteiger partial charge in [0.2, 0.25) is 0 Å². The van der Waals surface area contributed by atoms with Crippen molar-refractivity contribution in [2.75, 3.05) is 19.6 Å². The molecule has 1 heteroatoms. The van der Waals surface area contributed by atoms with E-state index in [0.717, 1.165) is 19.5 Å². The summed E-state index contributed by atoms with van der Waals surface area (Å²) >= 11 is 0. The Balaban J connectivity index is 2.26. The third-order valence-electron chi connectivity index (χ3n) is 2.09. The van der Waals surface area contributed by atoms with Gasteiger partial charge in [0.25, 0.3) is 0 Å². The molecule has 0 saturated heterocycles. The van der Waals surface area contributed by atoms with Gasteiger partial charge in [0.05, 0.1) is 0 Å². The van der Waals surface area contributed by atoms with Crippen LogP contribution in [-0.4, -0.2) is 24.5 Å². The number of hydrogen-bond donors (Lipinski definition) is 0. The van der Waals surface area contributed by atoms with Gasteiger partial charge in [-0.05, 0) is 12.8 Å². The van der Waals surface area contributed by atoms with Gasteiger partial charge in [-0.1, -0.05) is 31.2 Å². The third kappa shape index (κ3) is 2.89. The summed E-state index contributed by atoms with van der Waals surface area (Å²) in [6.45, 7) is 9.57. The molecule has 0 amide bonds. The molecule has 0 unspecified atom stereocenters. The van der Waals surface area contributed by atoms with Crippen LogP contribution in [0.15, 0.2) is 24.3 Å². The topological polar surface area (TPSA) is 3.24 Å². The molecule has 62 valence electrons. The highest BCUT2D eigenvalue weighted by molar-refractivity contribution is 4.99. The van der Waals surface area contributed by atoms with E-state index in [-0.39, 0.29) is 0 Å². The summed E-state index contributed by atoms with van der Waals surface area (Å²) in [7, 11) is 0. The molecule has 0 radical (unpaired) electrons. The Morgan fingerprint density at radius 1 is 1.55 bits per heavy atom. The molecule has 0 saturated carbocycles. The SMILES string of the molecule is C=C(CC)CN1CC=CCC1. The second-order valence-electron chi connectivity index (χ2n) is 3.10. The van der Waals surface area contributed by atoms with Crippen LogP contribution in [0.3, 0.4) is 0 Å². The quantitative estimate of drug-likeness (QED) is 0.559. The molecule has 0 fully saturated rings. The van der Waals surface area contributed by atoms with E-state index >= 15 is 0 Å². The molecule has 1 rings (SSSR count). The lowest BCUT2D eigenvalue weighted by Crippen LogP contribution is -2.28. The highest BCUT2D eigenvalue weighted by Crippen LogP contribution is 2.05.